The first-order chi connectivity index (χ1) is 9.56. The van der Waals surface area contributed by atoms with E-state index in [1.54, 1.807) is 36.4 Å². The molecule has 0 saturated heterocycles. The van der Waals surface area contributed by atoms with Crippen LogP contribution in [0.3, 0.4) is 0 Å². The minimum absolute atomic E-state index is 0.122. The molecule has 1 unspecified atom stereocenters. The minimum atomic E-state index is -0.694. The molecular weight excluding hydrogens is 340 g/mol. The molecule has 20 heavy (non-hydrogen) atoms. The van der Waals surface area contributed by atoms with E-state index in [1.807, 2.05) is 19.1 Å². The van der Waals surface area contributed by atoms with Crippen LogP contribution in [0.2, 0.25) is 5.02 Å². The number of rotatable bonds is 4. The summed E-state index contributed by atoms with van der Waals surface area (Å²) < 4.78 is 0. The first-order valence-electron chi connectivity index (χ1n) is 5.97. The second kappa shape index (κ2) is 6.77. The van der Waals surface area contributed by atoms with Gasteiger partial charge < -0.3 is 0 Å². The van der Waals surface area contributed by atoms with Gasteiger partial charge in [0.2, 0.25) is 0 Å². The lowest BCUT2D eigenvalue weighted by Crippen LogP contribution is -2.10. The highest BCUT2D eigenvalue weighted by Crippen LogP contribution is 2.19. The highest BCUT2D eigenvalue weighted by molar-refractivity contribution is 9.10. The molecule has 102 valence electrons. The summed E-state index contributed by atoms with van der Waals surface area (Å²) in [4.78, 5) is 11.4. The zero-order chi connectivity index (χ0) is 14.5. The van der Waals surface area contributed by atoms with Crippen molar-refractivity contribution in [3.63, 3.8) is 0 Å². The Balaban J connectivity index is 2.07. The Bertz CT molecular complexity index is 623. The zero-order valence-corrected chi connectivity index (χ0v) is 13.1. The van der Waals surface area contributed by atoms with E-state index in [0.717, 1.165) is 5.56 Å². The molecule has 1 atom stereocenters. The van der Waals surface area contributed by atoms with Crippen LogP contribution in [0, 0.1) is 6.92 Å². The van der Waals surface area contributed by atoms with E-state index in [9.17, 15) is 4.79 Å². The Kier molecular flexibility index (Phi) is 5.04. The molecule has 5 heteroatoms. The van der Waals surface area contributed by atoms with E-state index in [0.29, 0.717) is 16.3 Å². The molecule has 0 aliphatic rings. The second-order valence-electron chi connectivity index (χ2n) is 4.26. The largest absolute Gasteiger partial charge is 0.291 e. The molecule has 0 amide bonds. The lowest BCUT2D eigenvalue weighted by Gasteiger charge is -2.03. The highest BCUT2D eigenvalue weighted by Gasteiger charge is 2.15. The smallest absolute Gasteiger partial charge is 0.200 e. The summed E-state index contributed by atoms with van der Waals surface area (Å²) in [5.74, 6) is -0.122. The summed E-state index contributed by atoms with van der Waals surface area (Å²) in [6.07, 6.45) is 0. The average Bonchev–Trinajstić information content (AvgIpc) is 2.46. The summed E-state index contributed by atoms with van der Waals surface area (Å²) in [5.41, 5.74) is 2.36. The lowest BCUT2D eigenvalue weighted by molar-refractivity contribution is 0.0991. The normalized spacial score (nSPS) is 12.6. The summed E-state index contributed by atoms with van der Waals surface area (Å²) >= 11 is 9.02. The third kappa shape index (κ3) is 3.99. The zero-order valence-electron chi connectivity index (χ0n) is 10.8. The molecular formula is C15H12BrClN2O. The third-order valence-corrected chi connectivity index (χ3v) is 3.50. The molecule has 0 aliphatic carbocycles. The number of alkyl halides is 1. The number of nitrogens with zero attached hydrogens (tertiary/aromatic N) is 2. The highest BCUT2D eigenvalue weighted by atomic mass is 79.9. The van der Waals surface area contributed by atoms with Crippen LogP contribution in [0.4, 0.5) is 5.69 Å². The summed E-state index contributed by atoms with van der Waals surface area (Å²) in [6.45, 7) is 1.97. The van der Waals surface area contributed by atoms with Gasteiger partial charge in [0.15, 0.2) is 10.7 Å². The Morgan fingerprint density at radius 1 is 1.10 bits per heavy atom. The van der Waals surface area contributed by atoms with E-state index in [4.69, 9.17) is 11.6 Å². The number of hydrogen-bond donors (Lipinski definition) is 0. The predicted molar refractivity (Wildman–Crippen MR) is 84.2 cm³/mol. The van der Waals surface area contributed by atoms with Crippen LogP contribution < -0.4 is 0 Å². The maximum Gasteiger partial charge on any atom is 0.200 e. The number of halogens is 2. The Hall–Kier alpha value is -1.52. The minimum Gasteiger partial charge on any atom is -0.291 e. The maximum absolute atomic E-state index is 12.1. The van der Waals surface area contributed by atoms with E-state index >= 15 is 0 Å². The molecule has 0 saturated carbocycles. The van der Waals surface area contributed by atoms with E-state index in [2.05, 4.69) is 26.2 Å². The number of aryl methyl sites for hydroxylation is 1. The Labute approximate surface area is 130 Å². The van der Waals surface area contributed by atoms with E-state index < -0.39 is 4.95 Å². The fourth-order valence-electron chi connectivity index (χ4n) is 1.53. The Morgan fingerprint density at radius 3 is 2.30 bits per heavy atom. The molecule has 0 fully saturated rings. The molecule has 3 nitrogen and oxygen atoms in total. The standard InChI is InChI=1S/C15H12BrClN2O/c1-10-2-4-11(5-3-10)14(20)15(16)19-18-13-8-6-12(17)7-9-13/h2-9,15H,1H3. The van der Waals surface area contributed by atoms with E-state index in [1.165, 1.54) is 0 Å². The van der Waals surface area contributed by atoms with Gasteiger partial charge in [-0.25, -0.2) is 0 Å². The summed E-state index contributed by atoms with van der Waals surface area (Å²) in [6, 6.07) is 14.3. The van der Waals surface area contributed by atoms with Crippen molar-refractivity contribution in [3.05, 3.63) is 64.7 Å². The summed E-state index contributed by atoms with van der Waals surface area (Å²) in [7, 11) is 0. The van der Waals surface area contributed by atoms with Gasteiger partial charge in [0.05, 0.1) is 5.69 Å². The second-order valence-corrected chi connectivity index (χ2v) is 5.56. The van der Waals surface area contributed by atoms with Gasteiger partial charge >= 0.3 is 0 Å². The number of ketones is 1. The van der Waals surface area contributed by atoms with Crippen LogP contribution >= 0.6 is 27.5 Å². The monoisotopic (exact) mass is 350 g/mol. The van der Waals surface area contributed by atoms with Gasteiger partial charge in [-0.15, -0.1) is 0 Å². The van der Waals surface area contributed by atoms with Crippen molar-refractivity contribution in [2.75, 3.05) is 0 Å². The summed E-state index contributed by atoms with van der Waals surface area (Å²) in [5, 5.41) is 8.62. The van der Waals surface area contributed by atoms with Crippen LogP contribution in [0.5, 0.6) is 0 Å². The number of Topliss-reactive ketones (excluding diaryl/α,β-unsaturated/α-hetero) is 1. The fraction of sp³-hybridized carbons (Fsp3) is 0.133. The van der Waals surface area contributed by atoms with Gasteiger partial charge in [-0.05, 0) is 31.2 Å². The van der Waals surface area contributed by atoms with Gasteiger partial charge in [-0.2, -0.15) is 10.2 Å². The van der Waals surface area contributed by atoms with Gasteiger partial charge in [-0.1, -0.05) is 57.4 Å². The topological polar surface area (TPSA) is 41.8 Å². The molecule has 2 aromatic carbocycles. The SMILES string of the molecule is Cc1ccc(C(=O)C(Br)N=Nc2ccc(Cl)cc2)cc1. The first kappa shape index (κ1) is 14.9. The van der Waals surface area contributed by atoms with Gasteiger partial charge in [0.1, 0.15) is 0 Å². The van der Waals surface area contributed by atoms with Crippen molar-refractivity contribution in [2.24, 2.45) is 10.2 Å². The lowest BCUT2D eigenvalue weighted by atomic mass is 10.1. The number of carbonyl (C=O) groups is 1. The van der Waals surface area contributed by atoms with Crippen LogP contribution in [-0.4, -0.2) is 10.7 Å². The molecule has 0 spiro atoms. The molecule has 0 radical (unpaired) electrons. The van der Waals surface area contributed by atoms with Crippen LogP contribution in [0.25, 0.3) is 0 Å². The average molecular weight is 352 g/mol. The van der Waals surface area contributed by atoms with Crippen LogP contribution in [-0.2, 0) is 0 Å². The third-order valence-electron chi connectivity index (χ3n) is 2.65. The van der Waals surface area contributed by atoms with Crippen LogP contribution in [0.15, 0.2) is 58.8 Å². The van der Waals surface area contributed by atoms with Crippen LogP contribution in [0.1, 0.15) is 15.9 Å². The van der Waals surface area contributed by atoms with Gasteiger partial charge in [-0.3, -0.25) is 4.79 Å². The molecule has 0 aromatic heterocycles. The number of azo groups is 1. The van der Waals surface area contributed by atoms with Crippen molar-refractivity contribution in [2.45, 2.75) is 11.9 Å². The molecule has 0 aliphatic heterocycles. The molecule has 2 aromatic rings. The number of carbonyl (C=O) groups excluding carboxylic acids is 1. The molecule has 0 bridgehead atoms. The van der Waals surface area contributed by atoms with Gasteiger partial charge in [0, 0.05) is 10.6 Å². The van der Waals surface area contributed by atoms with E-state index in [-0.39, 0.29) is 5.78 Å². The number of hydrogen-bond acceptors (Lipinski definition) is 3. The van der Waals surface area contributed by atoms with Crippen molar-refractivity contribution in [1.82, 2.24) is 0 Å². The molecule has 2 rings (SSSR count). The van der Waals surface area contributed by atoms with Crippen molar-refractivity contribution < 1.29 is 4.79 Å². The molecule has 0 N–H and O–H groups in total. The Morgan fingerprint density at radius 2 is 1.70 bits per heavy atom. The fourth-order valence-corrected chi connectivity index (χ4v) is 2.01. The maximum atomic E-state index is 12.1. The number of benzene rings is 2. The predicted octanol–water partition coefficient (Wildman–Crippen LogP) is 5.34. The van der Waals surface area contributed by atoms with Crippen molar-refractivity contribution in [1.29, 1.82) is 0 Å². The quantitative estimate of drug-likeness (QED) is 0.317. The van der Waals surface area contributed by atoms with Crippen molar-refractivity contribution in [3.8, 4) is 0 Å². The first-order valence-corrected chi connectivity index (χ1v) is 7.27. The van der Waals surface area contributed by atoms with Crippen molar-refractivity contribution >= 4 is 39.0 Å². The molecule has 0 heterocycles. The van der Waals surface area contributed by atoms with Gasteiger partial charge in [0.25, 0.3) is 0 Å².